The zero-order valence-corrected chi connectivity index (χ0v) is 6.19. The van der Waals surface area contributed by atoms with Gasteiger partial charge in [-0.25, -0.2) is 0 Å². The Bertz CT molecular complexity index is 106. The first kappa shape index (κ1) is 8.69. The largest absolute Gasteiger partial charge is 0.313 e. The van der Waals surface area contributed by atoms with Crippen LogP contribution in [-0.4, -0.2) is 27.2 Å². The molecule has 3 heteroatoms. The monoisotopic (exact) mass is 125 g/mol. The molecule has 0 aliphatic rings. The SMILES string of the molecule is [B]C(C)(C)C(=O)CNC. The molecular formula is C6H12BNO. The van der Waals surface area contributed by atoms with Crippen molar-refractivity contribution in [3.8, 4) is 0 Å². The van der Waals surface area contributed by atoms with E-state index < -0.39 is 5.31 Å². The van der Waals surface area contributed by atoms with E-state index in [1.54, 1.807) is 20.9 Å². The number of hydrogen-bond acceptors (Lipinski definition) is 2. The third-order valence-corrected chi connectivity index (χ3v) is 1.06. The van der Waals surface area contributed by atoms with Gasteiger partial charge in [0.2, 0.25) is 0 Å². The maximum atomic E-state index is 10.9. The number of carbonyl (C=O) groups excluding carboxylic acids is 1. The normalized spacial score (nSPS) is 11.4. The van der Waals surface area contributed by atoms with Crippen LogP contribution in [0.2, 0.25) is 5.31 Å². The van der Waals surface area contributed by atoms with Crippen LogP contribution in [0.25, 0.3) is 0 Å². The van der Waals surface area contributed by atoms with Crippen LogP contribution in [0, 0.1) is 0 Å². The Kier molecular flexibility index (Phi) is 2.91. The van der Waals surface area contributed by atoms with E-state index in [0.29, 0.717) is 6.54 Å². The van der Waals surface area contributed by atoms with E-state index in [1.165, 1.54) is 0 Å². The van der Waals surface area contributed by atoms with Crippen molar-refractivity contribution in [2.45, 2.75) is 19.2 Å². The van der Waals surface area contributed by atoms with Crippen LogP contribution in [0.4, 0.5) is 0 Å². The fourth-order valence-electron chi connectivity index (χ4n) is 0.388. The predicted octanol–water partition coefficient (Wildman–Crippen LogP) is 0.142. The number of likely N-dealkylation sites (N-methyl/N-ethyl adjacent to an activating group) is 1. The summed E-state index contributed by atoms with van der Waals surface area (Å²) in [6.45, 7) is 3.75. The van der Waals surface area contributed by atoms with Crippen molar-refractivity contribution >= 4 is 13.6 Å². The second-order valence-corrected chi connectivity index (χ2v) is 2.68. The molecule has 0 aromatic rings. The van der Waals surface area contributed by atoms with Crippen LogP contribution in [0.5, 0.6) is 0 Å². The Balaban J connectivity index is 3.74. The van der Waals surface area contributed by atoms with Crippen molar-refractivity contribution in [1.29, 1.82) is 0 Å². The third-order valence-electron chi connectivity index (χ3n) is 1.06. The van der Waals surface area contributed by atoms with Crippen molar-refractivity contribution < 1.29 is 4.79 Å². The van der Waals surface area contributed by atoms with Crippen LogP contribution in [0.15, 0.2) is 0 Å². The lowest BCUT2D eigenvalue weighted by Gasteiger charge is -2.15. The van der Waals surface area contributed by atoms with Gasteiger partial charge in [-0.05, 0) is 12.4 Å². The van der Waals surface area contributed by atoms with Gasteiger partial charge in [0.15, 0.2) is 0 Å². The maximum Gasteiger partial charge on any atom is 0.143 e. The van der Waals surface area contributed by atoms with Crippen LogP contribution < -0.4 is 5.32 Å². The Morgan fingerprint density at radius 2 is 2.11 bits per heavy atom. The highest BCUT2D eigenvalue weighted by molar-refractivity contribution is 6.28. The van der Waals surface area contributed by atoms with Gasteiger partial charge in [0.05, 0.1) is 14.4 Å². The molecule has 2 nitrogen and oxygen atoms in total. The van der Waals surface area contributed by atoms with Gasteiger partial charge < -0.3 is 5.32 Å². The number of ketones is 1. The molecule has 0 aromatic carbocycles. The molecule has 9 heavy (non-hydrogen) atoms. The van der Waals surface area contributed by atoms with Crippen molar-refractivity contribution in [3.63, 3.8) is 0 Å². The van der Waals surface area contributed by atoms with Crippen LogP contribution in [0.1, 0.15) is 13.8 Å². The van der Waals surface area contributed by atoms with E-state index in [0.717, 1.165) is 0 Å². The number of hydrogen-bond donors (Lipinski definition) is 1. The minimum absolute atomic E-state index is 0.0324. The first-order valence-electron chi connectivity index (χ1n) is 2.95. The number of rotatable bonds is 3. The van der Waals surface area contributed by atoms with Gasteiger partial charge in [-0.15, -0.1) is 0 Å². The van der Waals surface area contributed by atoms with Gasteiger partial charge in [0.1, 0.15) is 5.78 Å². The molecule has 0 heterocycles. The molecule has 1 N–H and O–H groups in total. The zero-order valence-electron chi connectivity index (χ0n) is 6.19. The van der Waals surface area contributed by atoms with Crippen LogP contribution >= 0.6 is 0 Å². The topological polar surface area (TPSA) is 29.1 Å². The molecule has 0 rings (SSSR count). The third kappa shape index (κ3) is 3.30. The second kappa shape index (κ2) is 3.02. The first-order chi connectivity index (χ1) is 3.98. The number of nitrogens with one attached hydrogen (secondary N) is 1. The molecule has 0 atom stereocenters. The molecule has 0 unspecified atom stereocenters. The summed E-state index contributed by atoms with van der Waals surface area (Å²) < 4.78 is 0. The Labute approximate surface area is 57.4 Å². The molecule has 0 bridgehead atoms. The molecule has 50 valence electrons. The van der Waals surface area contributed by atoms with Gasteiger partial charge in [-0.2, -0.15) is 0 Å². The van der Waals surface area contributed by atoms with Crippen molar-refractivity contribution in [3.05, 3.63) is 0 Å². The lowest BCUT2D eigenvalue weighted by molar-refractivity contribution is -0.120. The first-order valence-corrected chi connectivity index (χ1v) is 2.95. The molecular weight excluding hydrogens is 113 g/mol. The zero-order chi connectivity index (χ0) is 7.49. The van der Waals surface area contributed by atoms with Gasteiger partial charge in [-0.3, -0.25) is 4.79 Å². The van der Waals surface area contributed by atoms with E-state index >= 15 is 0 Å². The summed E-state index contributed by atoms with van der Waals surface area (Å²) in [5.74, 6) is 0.0324. The van der Waals surface area contributed by atoms with Crippen LogP contribution in [-0.2, 0) is 4.79 Å². The summed E-state index contributed by atoms with van der Waals surface area (Å²) in [6.07, 6.45) is 0. The Morgan fingerprint density at radius 3 is 2.22 bits per heavy atom. The molecule has 2 radical (unpaired) electrons. The van der Waals surface area contributed by atoms with Crippen molar-refractivity contribution in [1.82, 2.24) is 5.32 Å². The number of Topliss-reactive ketones (excluding diaryl/α,β-unsaturated/α-hetero) is 1. The highest BCUT2D eigenvalue weighted by Crippen LogP contribution is 2.17. The Hall–Kier alpha value is -0.305. The van der Waals surface area contributed by atoms with E-state index in [9.17, 15) is 4.79 Å². The summed E-state index contributed by atoms with van der Waals surface area (Å²) in [5.41, 5.74) is 0. The van der Waals surface area contributed by atoms with E-state index in [1.807, 2.05) is 0 Å². The van der Waals surface area contributed by atoms with Gasteiger partial charge in [-0.1, -0.05) is 13.8 Å². The minimum Gasteiger partial charge on any atom is -0.313 e. The molecule has 0 spiro atoms. The van der Waals surface area contributed by atoms with Crippen LogP contribution in [0.3, 0.4) is 0 Å². The van der Waals surface area contributed by atoms with Gasteiger partial charge >= 0.3 is 0 Å². The molecule has 0 saturated carbocycles. The van der Waals surface area contributed by atoms with Crippen molar-refractivity contribution in [2.24, 2.45) is 0 Å². The summed E-state index contributed by atoms with van der Waals surface area (Å²) >= 11 is 0. The minimum atomic E-state index is -0.691. The smallest absolute Gasteiger partial charge is 0.143 e. The quantitative estimate of drug-likeness (QED) is 0.543. The highest BCUT2D eigenvalue weighted by atomic mass is 16.1. The average Bonchev–Trinajstić information content (AvgIpc) is 1.64. The second-order valence-electron chi connectivity index (χ2n) is 2.68. The molecule has 0 aliphatic heterocycles. The predicted molar refractivity (Wildman–Crippen MR) is 38.7 cm³/mol. The van der Waals surface area contributed by atoms with Crippen molar-refractivity contribution in [2.75, 3.05) is 13.6 Å². The molecule has 0 aromatic heterocycles. The van der Waals surface area contributed by atoms with Gasteiger partial charge in [0.25, 0.3) is 0 Å². The molecule has 0 amide bonds. The van der Waals surface area contributed by atoms with E-state index in [-0.39, 0.29) is 5.78 Å². The summed E-state index contributed by atoms with van der Waals surface area (Å²) in [7, 11) is 7.20. The summed E-state index contributed by atoms with van der Waals surface area (Å²) in [6, 6.07) is 0. The number of carbonyl (C=O) groups is 1. The fourth-order valence-corrected chi connectivity index (χ4v) is 0.388. The van der Waals surface area contributed by atoms with Gasteiger partial charge in [0, 0.05) is 0 Å². The summed E-state index contributed by atoms with van der Waals surface area (Å²) in [5, 5.41) is 2.05. The standard InChI is InChI=1S/C6H12BNO/c1-6(2,7)5(9)4-8-3/h8H,4H2,1-3H3. The lowest BCUT2D eigenvalue weighted by atomic mass is 9.69. The summed E-state index contributed by atoms with van der Waals surface area (Å²) in [4.78, 5) is 10.9. The fraction of sp³-hybridized carbons (Fsp3) is 0.833. The Morgan fingerprint density at radius 1 is 1.67 bits per heavy atom. The maximum absolute atomic E-state index is 10.9. The molecule has 0 aliphatic carbocycles. The van der Waals surface area contributed by atoms with E-state index in [4.69, 9.17) is 7.85 Å². The van der Waals surface area contributed by atoms with E-state index in [2.05, 4.69) is 5.32 Å². The highest BCUT2D eigenvalue weighted by Gasteiger charge is 2.18. The molecule has 0 saturated heterocycles. The molecule has 0 fully saturated rings. The average molecular weight is 125 g/mol. The lowest BCUT2D eigenvalue weighted by Crippen LogP contribution is -2.27.